The van der Waals surface area contributed by atoms with Gasteiger partial charge in [0.15, 0.2) is 0 Å². The molecule has 142 valence electrons. The van der Waals surface area contributed by atoms with Crippen molar-refractivity contribution in [2.24, 2.45) is 0 Å². The van der Waals surface area contributed by atoms with Crippen LogP contribution in [0.15, 0.2) is 41.8 Å². The lowest BCUT2D eigenvalue weighted by Crippen LogP contribution is -2.49. The van der Waals surface area contributed by atoms with Gasteiger partial charge in [-0.2, -0.15) is 0 Å². The van der Waals surface area contributed by atoms with E-state index in [-0.39, 0.29) is 11.9 Å². The minimum absolute atomic E-state index is 0.0813. The van der Waals surface area contributed by atoms with Gasteiger partial charge in [0.1, 0.15) is 5.01 Å². The highest BCUT2D eigenvalue weighted by Gasteiger charge is 2.21. The van der Waals surface area contributed by atoms with Gasteiger partial charge in [-0.15, -0.1) is 22.7 Å². The van der Waals surface area contributed by atoms with Crippen molar-refractivity contribution in [2.75, 3.05) is 32.7 Å². The number of nitrogens with one attached hydrogen (secondary N) is 1. The van der Waals surface area contributed by atoms with Gasteiger partial charge in [-0.3, -0.25) is 14.6 Å². The molecule has 4 rings (SSSR count). The van der Waals surface area contributed by atoms with Crippen molar-refractivity contribution >= 4 is 38.8 Å². The van der Waals surface area contributed by atoms with E-state index in [9.17, 15) is 4.79 Å². The van der Waals surface area contributed by atoms with Crippen LogP contribution in [0.5, 0.6) is 0 Å². The van der Waals surface area contributed by atoms with Crippen LogP contribution in [0.3, 0.4) is 0 Å². The first kappa shape index (κ1) is 18.6. The van der Waals surface area contributed by atoms with E-state index >= 15 is 0 Å². The van der Waals surface area contributed by atoms with Crippen LogP contribution in [-0.4, -0.2) is 53.4 Å². The summed E-state index contributed by atoms with van der Waals surface area (Å²) in [5.74, 6) is 0.107. The maximum atomic E-state index is 12.3. The van der Waals surface area contributed by atoms with Gasteiger partial charge in [0.2, 0.25) is 5.91 Å². The molecular formula is C20H24N4OS2. The van der Waals surface area contributed by atoms with E-state index in [1.807, 2.05) is 24.4 Å². The molecule has 5 nitrogen and oxygen atoms in total. The molecule has 1 unspecified atom stereocenters. The summed E-state index contributed by atoms with van der Waals surface area (Å²) in [7, 11) is 0. The smallest absolute Gasteiger partial charge is 0.234 e. The van der Waals surface area contributed by atoms with Crippen LogP contribution < -0.4 is 5.32 Å². The number of carbonyl (C=O) groups is 1. The summed E-state index contributed by atoms with van der Waals surface area (Å²) in [6.07, 6.45) is 0. The monoisotopic (exact) mass is 400 g/mol. The number of thiazole rings is 1. The predicted octanol–water partition coefficient (Wildman–Crippen LogP) is 3.35. The highest BCUT2D eigenvalue weighted by Crippen LogP contribution is 2.23. The van der Waals surface area contributed by atoms with Gasteiger partial charge in [-0.1, -0.05) is 18.2 Å². The fraction of sp³-hybridized carbons (Fsp3) is 0.400. The second-order valence-electron chi connectivity index (χ2n) is 6.93. The molecule has 3 heterocycles. The second kappa shape index (κ2) is 8.48. The number of carbonyl (C=O) groups excluding carboxylic acids is 1. The Labute approximate surface area is 167 Å². The van der Waals surface area contributed by atoms with Crippen molar-refractivity contribution in [3.8, 4) is 0 Å². The second-order valence-corrected chi connectivity index (χ2v) is 9.03. The van der Waals surface area contributed by atoms with Crippen LogP contribution in [0.4, 0.5) is 0 Å². The summed E-state index contributed by atoms with van der Waals surface area (Å²) in [5.41, 5.74) is 1.09. The Morgan fingerprint density at radius 3 is 2.67 bits per heavy atom. The van der Waals surface area contributed by atoms with E-state index in [2.05, 4.69) is 39.4 Å². The predicted molar refractivity (Wildman–Crippen MR) is 112 cm³/mol. The molecule has 1 N–H and O–H groups in total. The molecule has 0 bridgehead atoms. The van der Waals surface area contributed by atoms with Gasteiger partial charge in [-0.25, -0.2) is 4.98 Å². The van der Waals surface area contributed by atoms with Crippen molar-refractivity contribution in [1.29, 1.82) is 0 Å². The lowest BCUT2D eigenvalue weighted by atomic mass is 10.2. The molecule has 2 aromatic heterocycles. The van der Waals surface area contributed by atoms with Crippen molar-refractivity contribution < 1.29 is 4.79 Å². The lowest BCUT2D eigenvalue weighted by Gasteiger charge is -2.33. The zero-order valence-corrected chi connectivity index (χ0v) is 17.1. The number of hydrogen-bond donors (Lipinski definition) is 1. The number of hydrogen-bond acceptors (Lipinski definition) is 6. The Morgan fingerprint density at radius 1 is 1.15 bits per heavy atom. The quantitative estimate of drug-likeness (QED) is 0.689. The van der Waals surface area contributed by atoms with E-state index in [1.165, 1.54) is 14.6 Å². The Hall–Kier alpha value is -1.80. The van der Waals surface area contributed by atoms with Crippen LogP contribution in [-0.2, 0) is 11.3 Å². The molecule has 0 radical (unpaired) electrons. The number of nitrogens with zero attached hydrogens (tertiary/aromatic N) is 3. The lowest BCUT2D eigenvalue weighted by molar-refractivity contribution is -0.123. The third-order valence-electron chi connectivity index (χ3n) is 4.88. The van der Waals surface area contributed by atoms with E-state index in [0.29, 0.717) is 6.54 Å². The highest BCUT2D eigenvalue weighted by atomic mass is 32.1. The van der Waals surface area contributed by atoms with E-state index < -0.39 is 0 Å². The molecule has 1 aliphatic heterocycles. The van der Waals surface area contributed by atoms with Crippen LogP contribution >= 0.6 is 22.7 Å². The molecule has 1 aromatic carbocycles. The molecular weight excluding hydrogens is 376 g/mol. The summed E-state index contributed by atoms with van der Waals surface area (Å²) < 4.78 is 1.25. The van der Waals surface area contributed by atoms with Crippen LogP contribution in [0.25, 0.3) is 10.2 Å². The number of piperazine rings is 1. The molecule has 3 aromatic rings. The van der Waals surface area contributed by atoms with Crippen molar-refractivity contribution in [1.82, 2.24) is 20.1 Å². The van der Waals surface area contributed by atoms with Gasteiger partial charge in [0, 0.05) is 31.1 Å². The third kappa shape index (κ3) is 4.73. The summed E-state index contributed by atoms with van der Waals surface area (Å²) in [6, 6.07) is 12.5. The minimum Gasteiger partial charge on any atom is -0.348 e. The van der Waals surface area contributed by atoms with Crippen LogP contribution in [0.1, 0.15) is 22.9 Å². The van der Waals surface area contributed by atoms with Gasteiger partial charge < -0.3 is 5.32 Å². The van der Waals surface area contributed by atoms with Gasteiger partial charge in [0.25, 0.3) is 0 Å². The van der Waals surface area contributed by atoms with Crippen molar-refractivity contribution in [3.05, 3.63) is 51.7 Å². The van der Waals surface area contributed by atoms with E-state index in [1.54, 1.807) is 22.7 Å². The third-order valence-corrected chi connectivity index (χ3v) is 6.95. The Bertz CT molecular complexity index is 851. The standard InChI is InChI=1S/C20H24N4OS2/c1-15(17-7-4-12-26-17)21-19(25)13-23-8-10-24(11-9-23)14-20-22-16-5-2-3-6-18(16)27-20/h2-7,12,15H,8-11,13-14H2,1H3,(H,21,25). The number of aromatic nitrogens is 1. The number of thiophene rings is 1. The highest BCUT2D eigenvalue weighted by molar-refractivity contribution is 7.18. The number of benzene rings is 1. The maximum Gasteiger partial charge on any atom is 0.234 e. The summed E-state index contributed by atoms with van der Waals surface area (Å²) in [5, 5.41) is 6.32. The molecule has 27 heavy (non-hydrogen) atoms. The van der Waals surface area contributed by atoms with Gasteiger partial charge >= 0.3 is 0 Å². The molecule has 0 aliphatic carbocycles. The maximum absolute atomic E-state index is 12.3. The van der Waals surface area contributed by atoms with Crippen LogP contribution in [0.2, 0.25) is 0 Å². The Balaban J connectivity index is 1.23. The summed E-state index contributed by atoms with van der Waals surface area (Å²) in [4.78, 5) is 22.9. The Kier molecular flexibility index (Phi) is 5.83. The molecule has 1 aliphatic rings. The van der Waals surface area contributed by atoms with Crippen molar-refractivity contribution in [3.63, 3.8) is 0 Å². The fourth-order valence-electron chi connectivity index (χ4n) is 3.38. The number of rotatable bonds is 6. The number of fused-ring (bicyclic) bond motifs is 1. The molecule has 1 fully saturated rings. The first-order valence-corrected chi connectivity index (χ1v) is 11.0. The normalized spacial score (nSPS) is 17.2. The molecule has 0 saturated carbocycles. The van der Waals surface area contributed by atoms with Gasteiger partial charge in [-0.05, 0) is 30.5 Å². The number of amides is 1. The average molecular weight is 401 g/mol. The number of para-hydroxylation sites is 1. The fourth-order valence-corrected chi connectivity index (χ4v) is 5.13. The Morgan fingerprint density at radius 2 is 1.93 bits per heavy atom. The van der Waals surface area contributed by atoms with E-state index in [4.69, 9.17) is 4.98 Å². The summed E-state index contributed by atoms with van der Waals surface area (Å²) in [6.45, 7) is 7.21. The molecule has 7 heteroatoms. The van der Waals surface area contributed by atoms with E-state index in [0.717, 1.165) is 38.2 Å². The first-order valence-electron chi connectivity index (χ1n) is 9.29. The SMILES string of the molecule is CC(NC(=O)CN1CCN(Cc2nc3ccccc3s2)CC1)c1cccs1. The molecule has 1 saturated heterocycles. The first-order chi connectivity index (χ1) is 13.2. The van der Waals surface area contributed by atoms with Crippen LogP contribution in [0, 0.1) is 0 Å². The molecule has 1 atom stereocenters. The molecule has 0 spiro atoms. The largest absolute Gasteiger partial charge is 0.348 e. The zero-order chi connectivity index (χ0) is 18.6. The molecule has 1 amide bonds. The summed E-state index contributed by atoms with van der Waals surface area (Å²) >= 11 is 3.46. The van der Waals surface area contributed by atoms with Gasteiger partial charge in [0.05, 0.1) is 29.3 Å². The topological polar surface area (TPSA) is 48.5 Å². The van der Waals surface area contributed by atoms with Crippen molar-refractivity contribution in [2.45, 2.75) is 19.5 Å². The minimum atomic E-state index is 0.0813. The average Bonchev–Trinajstić information content (AvgIpc) is 3.32. The zero-order valence-electron chi connectivity index (χ0n) is 15.4.